The summed E-state index contributed by atoms with van der Waals surface area (Å²) in [6.07, 6.45) is 3.12. The molecule has 3 amide bonds. The summed E-state index contributed by atoms with van der Waals surface area (Å²) in [5, 5.41) is 12.4. The van der Waals surface area contributed by atoms with Crippen LogP contribution < -0.4 is 15.1 Å². The number of phenolic OH excluding ortho intramolecular Hbond substituents is 1. The molecule has 0 aliphatic carbocycles. The number of carbonyl (C=O) groups excluding carboxylic acids is 3. The molecule has 2 N–H and O–H groups in total. The summed E-state index contributed by atoms with van der Waals surface area (Å²) in [7, 11) is 0. The van der Waals surface area contributed by atoms with Gasteiger partial charge in [-0.05, 0) is 95.8 Å². The second kappa shape index (κ2) is 14.0. The van der Waals surface area contributed by atoms with Gasteiger partial charge in [-0.3, -0.25) is 24.6 Å². The molecule has 3 aromatic rings. The Labute approximate surface area is 300 Å². The quantitative estimate of drug-likeness (QED) is 0.338. The van der Waals surface area contributed by atoms with E-state index >= 15 is 0 Å². The summed E-state index contributed by atoms with van der Waals surface area (Å²) in [6, 6.07) is 20.3. The second-order valence-electron chi connectivity index (χ2n) is 15.4. The van der Waals surface area contributed by atoms with Crippen molar-refractivity contribution in [3.05, 3.63) is 88.5 Å². The number of fused-ring (bicyclic) bond motifs is 2. The Hall–Kier alpha value is -4.41. The lowest BCUT2D eigenvalue weighted by molar-refractivity contribution is -0.136. The molecule has 0 aromatic heterocycles. The molecule has 3 atom stereocenters. The number of rotatable bonds is 7. The van der Waals surface area contributed by atoms with E-state index in [1.165, 1.54) is 29.7 Å². The summed E-state index contributed by atoms with van der Waals surface area (Å²) >= 11 is 0. The third-order valence-electron chi connectivity index (χ3n) is 11.9. The molecule has 10 nitrogen and oxygen atoms in total. The van der Waals surface area contributed by atoms with Gasteiger partial charge in [-0.1, -0.05) is 32.0 Å². The molecule has 268 valence electrons. The Balaban J connectivity index is 0.825. The van der Waals surface area contributed by atoms with Crippen molar-refractivity contribution in [1.82, 2.24) is 15.1 Å². The summed E-state index contributed by atoms with van der Waals surface area (Å²) < 4.78 is 6.32. The minimum absolute atomic E-state index is 0.0994. The number of anilines is 2. The first-order valence-corrected chi connectivity index (χ1v) is 18.7. The first kappa shape index (κ1) is 33.7. The number of phenols is 1. The lowest BCUT2D eigenvalue weighted by atomic mass is 9.78. The van der Waals surface area contributed by atoms with Gasteiger partial charge in [0.1, 0.15) is 11.8 Å². The van der Waals surface area contributed by atoms with Crippen LogP contribution in [0.25, 0.3) is 0 Å². The fraction of sp³-hybridized carbons (Fsp3) is 0.488. The first-order chi connectivity index (χ1) is 24.7. The van der Waals surface area contributed by atoms with Crippen molar-refractivity contribution < 1.29 is 24.2 Å². The third-order valence-corrected chi connectivity index (χ3v) is 11.9. The van der Waals surface area contributed by atoms with E-state index in [-0.39, 0.29) is 41.9 Å². The van der Waals surface area contributed by atoms with E-state index < -0.39 is 6.04 Å². The number of piperazine rings is 1. The van der Waals surface area contributed by atoms with Crippen LogP contribution >= 0.6 is 0 Å². The lowest BCUT2D eigenvalue weighted by Crippen LogP contribution is -2.52. The van der Waals surface area contributed by atoms with E-state index in [1.807, 2.05) is 18.2 Å². The van der Waals surface area contributed by atoms with Crippen LogP contribution in [0.3, 0.4) is 0 Å². The molecular weight excluding hydrogens is 642 g/mol. The van der Waals surface area contributed by atoms with Gasteiger partial charge in [0.05, 0.1) is 12.7 Å². The SMILES string of the molecule is CC(C)[C@H]1OCc2cc(O)ccc2[C@H]1c1ccc(N2CCC(CN3CCN(c4ccc5c(c4)CN([C@H]4CCC(=O)NC4=O)C5=O)CC3)CC2)cc1. The number of nitrogens with zero attached hydrogens (tertiary/aromatic N) is 4. The lowest BCUT2D eigenvalue weighted by Gasteiger charge is -2.40. The fourth-order valence-corrected chi connectivity index (χ4v) is 9.00. The first-order valence-electron chi connectivity index (χ1n) is 18.7. The molecule has 0 spiro atoms. The number of carbonyl (C=O) groups is 3. The van der Waals surface area contributed by atoms with Crippen molar-refractivity contribution in [2.75, 3.05) is 55.6 Å². The zero-order valence-electron chi connectivity index (χ0n) is 29.7. The molecule has 5 aliphatic rings. The van der Waals surface area contributed by atoms with Gasteiger partial charge in [-0.15, -0.1) is 0 Å². The second-order valence-corrected chi connectivity index (χ2v) is 15.4. The van der Waals surface area contributed by atoms with E-state index in [2.05, 4.69) is 70.3 Å². The zero-order valence-corrected chi connectivity index (χ0v) is 29.7. The van der Waals surface area contributed by atoms with Gasteiger partial charge in [0.2, 0.25) is 11.8 Å². The summed E-state index contributed by atoms with van der Waals surface area (Å²) in [5.41, 5.74) is 7.63. The zero-order chi connectivity index (χ0) is 35.2. The third kappa shape index (κ3) is 6.71. The molecule has 10 heteroatoms. The average Bonchev–Trinajstić information content (AvgIpc) is 3.46. The Bertz CT molecular complexity index is 1790. The van der Waals surface area contributed by atoms with E-state index in [1.54, 1.807) is 11.0 Å². The normalized spacial score (nSPS) is 24.6. The molecule has 51 heavy (non-hydrogen) atoms. The number of piperidine rings is 2. The summed E-state index contributed by atoms with van der Waals surface area (Å²) in [5.74, 6) is 0.746. The van der Waals surface area contributed by atoms with E-state index in [0.717, 1.165) is 62.6 Å². The molecule has 0 saturated carbocycles. The fourth-order valence-electron chi connectivity index (χ4n) is 9.00. The van der Waals surface area contributed by atoms with Crippen molar-refractivity contribution in [3.8, 4) is 5.75 Å². The van der Waals surface area contributed by atoms with Crippen LogP contribution in [-0.4, -0.2) is 90.6 Å². The topological polar surface area (TPSA) is 106 Å². The van der Waals surface area contributed by atoms with Crippen LogP contribution in [0.1, 0.15) is 78.1 Å². The number of imide groups is 1. The van der Waals surface area contributed by atoms with E-state index in [9.17, 15) is 19.5 Å². The van der Waals surface area contributed by atoms with Gasteiger partial charge >= 0.3 is 0 Å². The highest BCUT2D eigenvalue weighted by Gasteiger charge is 2.39. The highest BCUT2D eigenvalue weighted by Crippen LogP contribution is 2.41. The van der Waals surface area contributed by atoms with Crippen LogP contribution in [0.15, 0.2) is 60.7 Å². The van der Waals surface area contributed by atoms with Crippen LogP contribution in [0.4, 0.5) is 11.4 Å². The molecule has 3 aromatic carbocycles. The van der Waals surface area contributed by atoms with Crippen molar-refractivity contribution in [2.45, 2.75) is 70.7 Å². The number of hydrogen-bond acceptors (Lipinski definition) is 8. The molecule has 0 radical (unpaired) electrons. The minimum atomic E-state index is -0.585. The van der Waals surface area contributed by atoms with Gasteiger partial charge in [-0.25, -0.2) is 0 Å². The molecule has 5 heterocycles. The molecule has 0 bridgehead atoms. The highest BCUT2D eigenvalue weighted by atomic mass is 16.5. The molecule has 0 unspecified atom stereocenters. The Morgan fingerprint density at radius 1 is 0.824 bits per heavy atom. The molecule has 3 fully saturated rings. The largest absolute Gasteiger partial charge is 0.508 e. The van der Waals surface area contributed by atoms with Crippen molar-refractivity contribution in [1.29, 1.82) is 0 Å². The number of benzene rings is 3. The number of ether oxygens (including phenoxy) is 1. The van der Waals surface area contributed by atoms with Crippen molar-refractivity contribution >= 4 is 29.1 Å². The maximum absolute atomic E-state index is 13.1. The van der Waals surface area contributed by atoms with E-state index in [4.69, 9.17) is 4.74 Å². The number of hydrogen-bond donors (Lipinski definition) is 2. The van der Waals surface area contributed by atoms with Crippen LogP contribution in [0, 0.1) is 11.8 Å². The number of nitrogens with one attached hydrogen (secondary N) is 1. The Morgan fingerprint density at radius 2 is 1.55 bits per heavy atom. The summed E-state index contributed by atoms with van der Waals surface area (Å²) in [4.78, 5) is 46.3. The van der Waals surface area contributed by atoms with Gasteiger partial charge < -0.3 is 24.5 Å². The predicted molar refractivity (Wildman–Crippen MR) is 196 cm³/mol. The Morgan fingerprint density at radius 3 is 2.27 bits per heavy atom. The summed E-state index contributed by atoms with van der Waals surface area (Å²) in [6.45, 7) is 12.6. The Kier molecular flexibility index (Phi) is 9.23. The van der Waals surface area contributed by atoms with E-state index in [0.29, 0.717) is 37.0 Å². The maximum Gasteiger partial charge on any atom is 0.255 e. The predicted octanol–water partition coefficient (Wildman–Crippen LogP) is 4.88. The molecular formula is C41H49N5O5. The average molecular weight is 692 g/mol. The van der Waals surface area contributed by atoms with Crippen molar-refractivity contribution in [3.63, 3.8) is 0 Å². The molecule has 3 saturated heterocycles. The van der Waals surface area contributed by atoms with Crippen LogP contribution in [0.2, 0.25) is 0 Å². The van der Waals surface area contributed by atoms with Crippen LogP contribution in [0.5, 0.6) is 5.75 Å². The highest BCUT2D eigenvalue weighted by molar-refractivity contribution is 6.05. The van der Waals surface area contributed by atoms with Gasteiger partial charge in [0.15, 0.2) is 0 Å². The standard InChI is InChI=1S/C41H49N5O5/c1-26(2)39-38(34-10-8-33(47)22-30(34)25-51-39)28-3-5-31(6-4-28)44-15-13-27(14-16-44)23-43-17-19-45(20-18-43)32-7-9-35-29(21-32)24-46(41(35)50)36-11-12-37(48)42-40(36)49/h3-10,21-22,26-27,36,38-39,47H,11-20,23-25H2,1-2H3,(H,42,48,49)/t36-,38+,39+/m0/s1. The maximum atomic E-state index is 13.1. The molecule has 5 aliphatic heterocycles. The number of amides is 3. The van der Waals surface area contributed by atoms with Gasteiger partial charge in [0.25, 0.3) is 5.91 Å². The van der Waals surface area contributed by atoms with Crippen LogP contribution in [-0.2, 0) is 27.5 Å². The van der Waals surface area contributed by atoms with Crippen molar-refractivity contribution in [2.24, 2.45) is 11.8 Å². The number of aromatic hydroxyl groups is 1. The monoisotopic (exact) mass is 691 g/mol. The minimum Gasteiger partial charge on any atom is -0.508 e. The molecule has 8 rings (SSSR count). The van der Waals surface area contributed by atoms with Gasteiger partial charge in [-0.2, -0.15) is 0 Å². The van der Waals surface area contributed by atoms with Gasteiger partial charge in [0, 0.05) is 81.6 Å². The smallest absolute Gasteiger partial charge is 0.255 e.